The molecule has 1 aliphatic rings. The summed E-state index contributed by atoms with van der Waals surface area (Å²) in [7, 11) is 0. The molecule has 0 unspecified atom stereocenters. The first-order valence-electron chi connectivity index (χ1n) is 7.49. The van der Waals surface area contributed by atoms with Crippen LogP contribution in [-0.4, -0.2) is 36.9 Å². The molecule has 0 bridgehead atoms. The van der Waals surface area contributed by atoms with Gasteiger partial charge in [0, 0.05) is 12.1 Å². The second-order valence-corrected chi connectivity index (χ2v) is 5.23. The van der Waals surface area contributed by atoms with Gasteiger partial charge in [-0.15, -0.1) is 0 Å². The van der Waals surface area contributed by atoms with E-state index in [-0.39, 0.29) is 12.0 Å². The average molecular weight is 293 g/mol. The minimum Gasteiger partial charge on any atom is -0.490 e. The Morgan fingerprint density at radius 3 is 2.52 bits per heavy atom. The number of rotatable bonds is 7. The number of nitrogens with one attached hydrogen (secondary N) is 1. The molecule has 1 amide bonds. The topological polar surface area (TPSA) is 67.8 Å². The van der Waals surface area contributed by atoms with Gasteiger partial charge in [0.1, 0.15) is 0 Å². The summed E-state index contributed by atoms with van der Waals surface area (Å²) in [5.74, 6) is 1.50. The van der Waals surface area contributed by atoms with Crippen LogP contribution in [0.5, 0.6) is 11.5 Å². The van der Waals surface area contributed by atoms with Crippen LogP contribution in [0, 0.1) is 5.92 Å². The van der Waals surface area contributed by atoms with Crippen molar-refractivity contribution in [3.05, 3.63) is 23.8 Å². The third kappa shape index (κ3) is 4.11. The average Bonchev–Trinajstić information content (AvgIpc) is 2.44. The van der Waals surface area contributed by atoms with Crippen molar-refractivity contribution < 1.29 is 19.4 Å². The lowest BCUT2D eigenvalue weighted by Gasteiger charge is -2.31. The van der Waals surface area contributed by atoms with Crippen LogP contribution in [0.3, 0.4) is 0 Å². The molecule has 0 heterocycles. The highest BCUT2D eigenvalue weighted by molar-refractivity contribution is 5.94. The summed E-state index contributed by atoms with van der Waals surface area (Å²) < 4.78 is 11.0. The van der Waals surface area contributed by atoms with Crippen molar-refractivity contribution in [2.45, 2.75) is 32.8 Å². The summed E-state index contributed by atoms with van der Waals surface area (Å²) in [4.78, 5) is 12.1. The van der Waals surface area contributed by atoms with Gasteiger partial charge < -0.3 is 19.9 Å². The van der Waals surface area contributed by atoms with E-state index in [2.05, 4.69) is 5.32 Å². The van der Waals surface area contributed by atoms with Crippen LogP contribution in [0.4, 0.5) is 0 Å². The molecule has 1 aromatic carbocycles. The summed E-state index contributed by atoms with van der Waals surface area (Å²) in [5, 5.41) is 12.1. The maximum atomic E-state index is 12.1. The lowest BCUT2D eigenvalue weighted by atomic mass is 9.82. The molecule has 1 saturated carbocycles. The smallest absolute Gasteiger partial charge is 0.251 e. The normalized spacial score (nSPS) is 20.5. The molecule has 2 N–H and O–H groups in total. The quantitative estimate of drug-likeness (QED) is 0.806. The summed E-state index contributed by atoms with van der Waals surface area (Å²) in [6.07, 6.45) is 1.35. The highest BCUT2D eigenvalue weighted by atomic mass is 16.5. The lowest BCUT2D eigenvalue weighted by molar-refractivity contribution is 0.0420. The second-order valence-electron chi connectivity index (χ2n) is 5.23. The lowest BCUT2D eigenvalue weighted by Crippen LogP contribution is -2.38. The van der Waals surface area contributed by atoms with Crippen LogP contribution in [0.15, 0.2) is 18.2 Å². The number of ether oxygens (including phenoxy) is 2. The van der Waals surface area contributed by atoms with E-state index in [0.29, 0.717) is 42.7 Å². The van der Waals surface area contributed by atoms with Crippen molar-refractivity contribution in [3.63, 3.8) is 0 Å². The Balaban J connectivity index is 1.97. The van der Waals surface area contributed by atoms with E-state index >= 15 is 0 Å². The van der Waals surface area contributed by atoms with Crippen molar-refractivity contribution in [2.75, 3.05) is 19.8 Å². The molecule has 5 heteroatoms. The Kier molecular flexibility index (Phi) is 5.44. The van der Waals surface area contributed by atoms with Crippen LogP contribution in [0.1, 0.15) is 37.0 Å². The Morgan fingerprint density at radius 2 is 1.90 bits per heavy atom. The predicted molar refractivity (Wildman–Crippen MR) is 79.8 cm³/mol. The standard InChI is InChI=1S/C16H23NO4/c1-3-20-14-6-5-12(9-15(14)21-4-2)16(19)17-10-11-7-13(18)8-11/h5-6,9,11,13,18H,3-4,7-8,10H2,1-2H3,(H,17,19). The van der Waals surface area contributed by atoms with E-state index in [1.165, 1.54) is 0 Å². The first-order chi connectivity index (χ1) is 10.1. The van der Waals surface area contributed by atoms with Crippen molar-refractivity contribution in [3.8, 4) is 11.5 Å². The number of carbonyl (C=O) groups excluding carboxylic acids is 1. The highest BCUT2D eigenvalue weighted by Crippen LogP contribution is 2.29. The Labute approximate surface area is 125 Å². The fourth-order valence-corrected chi connectivity index (χ4v) is 2.40. The highest BCUT2D eigenvalue weighted by Gasteiger charge is 2.27. The molecule has 0 spiro atoms. The van der Waals surface area contributed by atoms with Crippen LogP contribution in [0.2, 0.25) is 0 Å². The van der Waals surface area contributed by atoms with E-state index in [1.54, 1.807) is 18.2 Å². The van der Waals surface area contributed by atoms with Gasteiger partial charge in [-0.05, 0) is 50.8 Å². The minimum absolute atomic E-state index is 0.125. The van der Waals surface area contributed by atoms with E-state index < -0.39 is 0 Å². The van der Waals surface area contributed by atoms with Gasteiger partial charge >= 0.3 is 0 Å². The fourth-order valence-electron chi connectivity index (χ4n) is 2.40. The molecule has 1 aliphatic carbocycles. The van der Waals surface area contributed by atoms with Crippen molar-refractivity contribution in [2.24, 2.45) is 5.92 Å². The molecule has 0 saturated heterocycles. The number of aliphatic hydroxyl groups is 1. The summed E-state index contributed by atoms with van der Waals surface area (Å²) in [6.45, 7) is 5.47. The molecule has 0 aromatic heterocycles. The van der Waals surface area contributed by atoms with Gasteiger partial charge in [0.25, 0.3) is 5.91 Å². The van der Waals surface area contributed by atoms with Crippen LogP contribution in [0.25, 0.3) is 0 Å². The third-order valence-electron chi connectivity index (χ3n) is 3.57. The van der Waals surface area contributed by atoms with Crippen LogP contribution >= 0.6 is 0 Å². The fraction of sp³-hybridized carbons (Fsp3) is 0.562. The second kappa shape index (κ2) is 7.31. The molecule has 1 fully saturated rings. The van der Waals surface area contributed by atoms with Crippen molar-refractivity contribution in [1.29, 1.82) is 0 Å². The number of hydrogen-bond acceptors (Lipinski definition) is 4. The Bertz CT molecular complexity index is 483. The summed E-state index contributed by atoms with van der Waals surface area (Å²) in [5.41, 5.74) is 0.557. The van der Waals surface area contributed by atoms with E-state index in [9.17, 15) is 9.90 Å². The van der Waals surface area contributed by atoms with Gasteiger partial charge in [-0.2, -0.15) is 0 Å². The van der Waals surface area contributed by atoms with Gasteiger partial charge in [-0.1, -0.05) is 0 Å². The molecule has 5 nitrogen and oxygen atoms in total. The first kappa shape index (κ1) is 15.6. The number of amides is 1. The van der Waals surface area contributed by atoms with E-state index in [4.69, 9.17) is 9.47 Å². The molecular formula is C16H23NO4. The molecule has 0 aliphatic heterocycles. The van der Waals surface area contributed by atoms with Gasteiger partial charge in [-0.25, -0.2) is 0 Å². The van der Waals surface area contributed by atoms with Crippen LogP contribution in [-0.2, 0) is 0 Å². The molecule has 116 valence electrons. The van der Waals surface area contributed by atoms with Gasteiger partial charge in [0.05, 0.1) is 19.3 Å². The van der Waals surface area contributed by atoms with E-state index in [0.717, 1.165) is 12.8 Å². The van der Waals surface area contributed by atoms with E-state index in [1.807, 2.05) is 13.8 Å². The maximum absolute atomic E-state index is 12.1. The van der Waals surface area contributed by atoms with Crippen molar-refractivity contribution >= 4 is 5.91 Å². The maximum Gasteiger partial charge on any atom is 0.251 e. The van der Waals surface area contributed by atoms with Gasteiger partial charge in [0.15, 0.2) is 11.5 Å². The van der Waals surface area contributed by atoms with Crippen molar-refractivity contribution in [1.82, 2.24) is 5.32 Å². The minimum atomic E-state index is -0.193. The Hall–Kier alpha value is -1.75. The largest absolute Gasteiger partial charge is 0.490 e. The zero-order valence-electron chi connectivity index (χ0n) is 12.6. The monoisotopic (exact) mass is 293 g/mol. The molecule has 0 atom stereocenters. The summed E-state index contributed by atoms with van der Waals surface area (Å²) in [6, 6.07) is 5.20. The number of benzene rings is 1. The Morgan fingerprint density at radius 1 is 1.24 bits per heavy atom. The SMILES string of the molecule is CCOc1ccc(C(=O)NCC2CC(O)C2)cc1OCC. The molecular weight excluding hydrogens is 270 g/mol. The number of aliphatic hydroxyl groups excluding tert-OH is 1. The number of hydrogen-bond donors (Lipinski definition) is 2. The predicted octanol–water partition coefficient (Wildman–Crippen LogP) is 1.98. The molecule has 1 aromatic rings. The van der Waals surface area contributed by atoms with Crippen LogP contribution < -0.4 is 14.8 Å². The van der Waals surface area contributed by atoms with Gasteiger partial charge in [0.2, 0.25) is 0 Å². The number of carbonyl (C=O) groups is 1. The first-order valence-corrected chi connectivity index (χ1v) is 7.49. The zero-order chi connectivity index (χ0) is 15.2. The molecule has 21 heavy (non-hydrogen) atoms. The third-order valence-corrected chi connectivity index (χ3v) is 3.57. The molecule has 0 radical (unpaired) electrons. The van der Waals surface area contributed by atoms with Gasteiger partial charge in [-0.3, -0.25) is 4.79 Å². The summed E-state index contributed by atoms with van der Waals surface area (Å²) >= 11 is 0. The molecule has 2 rings (SSSR count). The zero-order valence-corrected chi connectivity index (χ0v) is 12.6.